The van der Waals surface area contributed by atoms with Gasteiger partial charge in [0, 0.05) is 7.05 Å². The van der Waals surface area contributed by atoms with Crippen LogP contribution in [0.3, 0.4) is 0 Å². The van der Waals surface area contributed by atoms with Gasteiger partial charge in [-0.2, -0.15) is 0 Å². The molecule has 1 aromatic rings. The van der Waals surface area contributed by atoms with E-state index in [4.69, 9.17) is 10.6 Å². The number of amides is 3. The molecular weight excluding hydrogens is 262 g/mol. The van der Waals surface area contributed by atoms with Gasteiger partial charge in [-0.25, -0.2) is 4.79 Å². The lowest BCUT2D eigenvalue weighted by Crippen LogP contribution is -2.38. The number of urea groups is 1. The topological polar surface area (TPSA) is 109 Å². The molecule has 0 spiro atoms. The predicted molar refractivity (Wildman–Crippen MR) is 71.6 cm³/mol. The fourth-order valence-corrected chi connectivity index (χ4v) is 1.49. The molecule has 1 aliphatic heterocycles. The first kappa shape index (κ1) is 13.5. The summed E-state index contributed by atoms with van der Waals surface area (Å²) < 4.78 is 0. The largest absolute Gasteiger partial charge is 0.390 e. The number of carbonyl (C=O) groups is 2. The van der Waals surface area contributed by atoms with Crippen molar-refractivity contribution >= 4 is 23.5 Å². The van der Waals surface area contributed by atoms with Crippen LogP contribution >= 0.6 is 0 Å². The first-order valence-corrected chi connectivity index (χ1v) is 5.78. The number of imide groups is 1. The lowest BCUT2D eigenvalue weighted by molar-refractivity contribution is -0.120. The summed E-state index contributed by atoms with van der Waals surface area (Å²) in [5.41, 5.74) is 6.23. The molecule has 0 radical (unpaired) electrons. The van der Waals surface area contributed by atoms with Gasteiger partial charge in [-0.1, -0.05) is 35.5 Å². The van der Waals surface area contributed by atoms with E-state index in [-0.39, 0.29) is 18.2 Å². The third-order valence-electron chi connectivity index (χ3n) is 2.48. The number of nitrogens with zero attached hydrogens (tertiary/aromatic N) is 3. The SMILES string of the molecule is CNC(=O)N1N=C(N)/C(=N\OCc2ccccc2)C1=O. The van der Waals surface area contributed by atoms with Crippen LogP contribution in [0.1, 0.15) is 5.56 Å². The summed E-state index contributed by atoms with van der Waals surface area (Å²) in [5, 5.41) is 10.1. The highest BCUT2D eigenvalue weighted by atomic mass is 16.6. The van der Waals surface area contributed by atoms with Crippen LogP contribution in [0.5, 0.6) is 0 Å². The summed E-state index contributed by atoms with van der Waals surface area (Å²) in [5.74, 6) is -0.887. The molecule has 1 heterocycles. The monoisotopic (exact) mass is 275 g/mol. The van der Waals surface area contributed by atoms with Crippen molar-refractivity contribution in [3.8, 4) is 0 Å². The van der Waals surface area contributed by atoms with E-state index < -0.39 is 11.9 Å². The average Bonchev–Trinajstić information content (AvgIpc) is 2.75. The van der Waals surface area contributed by atoms with Crippen LogP contribution < -0.4 is 11.1 Å². The molecule has 8 heteroatoms. The van der Waals surface area contributed by atoms with Crippen molar-refractivity contribution in [2.24, 2.45) is 16.0 Å². The van der Waals surface area contributed by atoms with Crippen molar-refractivity contribution in [3.05, 3.63) is 35.9 Å². The Hall–Kier alpha value is -2.90. The molecule has 1 aliphatic rings. The fourth-order valence-electron chi connectivity index (χ4n) is 1.49. The van der Waals surface area contributed by atoms with Crippen molar-refractivity contribution in [2.75, 3.05) is 7.05 Å². The normalized spacial score (nSPS) is 16.2. The van der Waals surface area contributed by atoms with Crippen LogP contribution in [0, 0.1) is 0 Å². The quantitative estimate of drug-likeness (QED) is 0.757. The van der Waals surface area contributed by atoms with E-state index in [9.17, 15) is 9.59 Å². The van der Waals surface area contributed by atoms with Crippen molar-refractivity contribution in [3.63, 3.8) is 0 Å². The standard InChI is InChI=1S/C12H13N5O3/c1-14-12(19)17-11(18)9(10(13)15-17)16-20-7-8-5-3-2-4-6-8/h2-6H,7H2,1H3,(H2,13,15)(H,14,19)/b16-9+. The first-order chi connectivity index (χ1) is 9.63. The Labute approximate surface area is 114 Å². The van der Waals surface area contributed by atoms with E-state index in [1.54, 1.807) is 0 Å². The van der Waals surface area contributed by atoms with Gasteiger partial charge in [0.2, 0.25) is 5.71 Å². The van der Waals surface area contributed by atoms with Crippen LogP contribution in [-0.2, 0) is 16.2 Å². The molecule has 0 atom stereocenters. The number of rotatable bonds is 3. The summed E-state index contributed by atoms with van der Waals surface area (Å²) in [6, 6.07) is 8.61. The second-order valence-corrected chi connectivity index (χ2v) is 3.86. The van der Waals surface area contributed by atoms with Gasteiger partial charge < -0.3 is 15.9 Å². The third-order valence-corrected chi connectivity index (χ3v) is 2.48. The Kier molecular flexibility index (Phi) is 3.94. The zero-order valence-electron chi connectivity index (χ0n) is 10.7. The number of hydrazone groups is 1. The number of nitrogens with one attached hydrogen (secondary N) is 1. The van der Waals surface area contributed by atoms with Crippen LogP contribution in [-0.4, -0.2) is 35.5 Å². The van der Waals surface area contributed by atoms with Crippen molar-refractivity contribution in [2.45, 2.75) is 6.61 Å². The van der Waals surface area contributed by atoms with E-state index in [0.29, 0.717) is 5.01 Å². The molecule has 0 aromatic heterocycles. The molecule has 3 N–H and O–H groups in total. The molecule has 1 aromatic carbocycles. The molecule has 20 heavy (non-hydrogen) atoms. The van der Waals surface area contributed by atoms with Gasteiger partial charge in [0.25, 0.3) is 0 Å². The Morgan fingerprint density at radius 1 is 1.45 bits per heavy atom. The summed E-state index contributed by atoms with van der Waals surface area (Å²) in [6.45, 7) is 0.185. The number of carbonyl (C=O) groups excluding carboxylic acids is 2. The zero-order valence-corrected chi connectivity index (χ0v) is 10.7. The number of nitrogens with two attached hydrogens (primary N) is 1. The molecule has 0 fully saturated rings. The van der Waals surface area contributed by atoms with Crippen LogP contribution in [0.4, 0.5) is 4.79 Å². The number of benzene rings is 1. The van der Waals surface area contributed by atoms with Crippen LogP contribution in [0.15, 0.2) is 40.6 Å². The fraction of sp³-hybridized carbons (Fsp3) is 0.167. The maximum absolute atomic E-state index is 11.8. The summed E-state index contributed by atoms with van der Waals surface area (Å²) >= 11 is 0. The molecular formula is C12H13N5O3. The average molecular weight is 275 g/mol. The lowest BCUT2D eigenvalue weighted by Gasteiger charge is -2.07. The Balaban J connectivity index is 2.02. The highest BCUT2D eigenvalue weighted by molar-refractivity contribution is 6.68. The predicted octanol–water partition coefficient (Wildman–Crippen LogP) is 0.0130. The maximum atomic E-state index is 11.8. The summed E-state index contributed by atoms with van der Waals surface area (Å²) in [6.07, 6.45) is 0. The molecule has 2 rings (SSSR count). The van der Waals surface area contributed by atoms with Crippen molar-refractivity contribution in [1.29, 1.82) is 0 Å². The summed E-state index contributed by atoms with van der Waals surface area (Å²) in [4.78, 5) is 28.2. The minimum Gasteiger partial charge on any atom is -0.390 e. The van der Waals surface area contributed by atoms with Crippen LogP contribution in [0.25, 0.3) is 0 Å². The van der Waals surface area contributed by atoms with Gasteiger partial charge in [0.15, 0.2) is 5.84 Å². The zero-order chi connectivity index (χ0) is 14.5. The number of hydrogen-bond acceptors (Lipinski definition) is 6. The molecule has 3 amide bonds. The Morgan fingerprint density at radius 2 is 2.15 bits per heavy atom. The highest BCUT2D eigenvalue weighted by Crippen LogP contribution is 2.06. The minimum absolute atomic E-state index is 0.160. The van der Waals surface area contributed by atoms with Gasteiger partial charge in [0.05, 0.1) is 0 Å². The van der Waals surface area contributed by atoms with Gasteiger partial charge in [-0.05, 0) is 5.56 Å². The molecule has 0 bridgehead atoms. The highest BCUT2D eigenvalue weighted by Gasteiger charge is 2.35. The minimum atomic E-state index is -0.727. The number of oxime groups is 1. The second kappa shape index (κ2) is 5.83. The van der Waals surface area contributed by atoms with Gasteiger partial charge in [0.1, 0.15) is 6.61 Å². The molecule has 0 saturated carbocycles. The molecule has 8 nitrogen and oxygen atoms in total. The Bertz CT molecular complexity index is 582. The molecule has 0 unspecified atom stereocenters. The van der Waals surface area contributed by atoms with E-state index in [1.165, 1.54) is 7.05 Å². The second-order valence-electron chi connectivity index (χ2n) is 3.86. The van der Waals surface area contributed by atoms with Gasteiger partial charge >= 0.3 is 11.9 Å². The molecule has 104 valence electrons. The van der Waals surface area contributed by atoms with E-state index in [1.807, 2.05) is 30.3 Å². The lowest BCUT2D eigenvalue weighted by atomic mass is 10.2. The smallest absolute Gasteiger partial charge is 0.345 e. The first-order valence-electron chi connectivity index (χ1n) is 5.78. The number of hydrogen-bond donors (Lipinski definition) is 2. The van der Waals surface area contributed by atoms with Gasteiger partial charge in [-0.15, -0.1) is 10.1 Å². The van der Waals surface area contributed by atoms with E-state index >= 15 is 0 Å². The molecule has 0 aliphatic carbocycles. The van der Waals surface area contributed by atoms with Gasteiger partial charge in [-0.3, -0.25) is 4.79 Å². The third kappa shape index (κ3) is 2.74. The Morgan fingerprint density at radius 3 is 2.80 bits per heavy atom. The maximum Gasteiger partial charge on any atom is 0.345 e. The van der Waals surface area contributed by atoms with Crippen LogP contribution in [0.2, 0.25) is 0 Å². The van der Waals surface area contributed by atoms with E-state index in [0.717, 1.165) is 5.56 Å². The van der Waals surface area contributed by atoms with Crippen molar-refractivity contribution < 1.29 is 14.4 Å². The molecule has 0 saturated heterocycles. The van der Waals surface area contributed by atoms with E-state index in [2.05, 4.69) is 15.6 Å². The van der Waals surface area contributed by atoms with Crippen molar-refractivity contribution in [1.82, 2.24) is 10.3 Å². The number of amidine groups is 1. The summed E-state index contributed by atoms with van der Waals surface area (Å²) in [7, 11) is 1.38.